The average Bonchev–Trinajstić information content (AvgIpc) is 2.70. The maximum Gasteiger partial charge on any atom is 0.300 e. The highest BCUT2D eigenvalue weighted by Gasteiger charge is 2.08. The number of nitrogens with one attached hydrogen (secondary N) is 1. The summed E-state index contributed by atoms with van der Waals surface area (Å²) in [7, 11) is 0. The Morgan fingerprint density at radius 2 is 1.16 bits per heavy atom. The smallest absolute Gasteiger partial charge is 0.300 e. The molecular formula is C23H42N4O10S. The van der Waals surface area contributed by atoms with Gasteiger partial charge in [-0.15, -0.1) is 0 Å². The Labute approximate surface area is 230 Å². The lowest BCUT2D eigenvalue weighted by molar-refractivity contribution is -0.135. The number of carboxylic acid groups (broad SMARTS) is 5. The molecular weight excluding hydrogens is 524 g/mol. The summed E-state index contributed by atoms with van der Waals surface area (Å²) in [4.78, 5) is 46.8. The van der Waals surface area contributed by atoms with Gasteiger partial charge in [0.25, 0.3) is 29.8 Å². The van der Waals surface area contributed by atoms with Crippen molar-refractivity contribution in [2.75, 3.05) is 19.6 Å². The Bertz CT molecular complexity index is 700. The van der Waals surface area contributed by atoms with E-state index < -0.39 is 29.8 Å². The van der Waals surface area contributed by atoms with Crippen LogP contribution in [-0.2, 0) is 30.5 Å². The molecule has 0 bridgehead atoms. The second kappa shape index (κ2) is 35.3. The van der Waals surface area contributed by atoms with Crippen LogP contribution in [0.2, 0.25) is 0 Å². The first-order chi connectivity index (χ1) is 16.9. The van der Waals surface area contributed by atoms with Crippen molar-refractivity contribution in [1.82, 2.24) is 10.2 Å². The number of aliphatic carboxylic acids is 5. The molecule has 1 aromatic rings. The van der Waals surface area contributed by atoms with Gasteiger partial charge in [0.15, 0.2) is 6.19 Å². The summed E-state index contributed by atoms with van der Waals surface area (Å²) >= 11 is 0. The van der Waals surface area contributed by atoms with Gasteiger partial charge in [-0.2, -0.15) is 18.8 Å². The van der Waals surface area contributed by atoms with Crippen molar-refractivity contribution >= 4 is 43.3 Å². The minimum atomic E-state index is -0.833. The van der Waals surface area contributed by atoms with Crippen LogP contribution in [-0.4, -0.2) is 86.0 Å². The van der Waals surface area contributed by atoms with E-state index in [4.69, 9.17) is 60.5 Å². The van der Waals surface area contributed by atoms with Crippen molar-refractivity contribution in [3.8, 4) is 6.19 Å². The molecule has 15 heteroatoms. The van der Waals surface area contributed by atoms with Gasteiger partial charge in [0, 0.05) is 60.3 Å². The third kappa shape index (κ3) is 94.7. The fourth-order valence-electron chi connectivity index (χ4n) is 1.67. The van der Waals surface area contributed by atoms with Crippen LogP contribution in [0.5, 0.6) is 0 Å². The van der Waals surface area contributed by atoms with Crippen molar-refractivity contribution in [3.05, 3.63) is 35.9 Å². The van der Waals surface area contributed by atoms with Gasteiger partial charge in [-0.3, -0.25) is 24.0 Å². The summed E-state index contributed by atoms with van der Waals surface area (Å²) in [5.74, 6) is -4.17. The van der Waals surface area contributed by atoms with Crippen LogP contribution in [0.25, 0.3) is 0 Å². The molecule has 1 atom stereocenters. The fourth-order valence-corrected chi connectivity index (χ4v) is 1.67. The highest BCUT2D eigenvalue weighted by atomic mass is 32.1. The fraction of sp³-hybridized carbons (Fsp3) is 0.478. The minimum absolute atomic E-state index is 0. The number of carbonyl (C=O) groups is 5. The maximum absolute atomic E-state index is 9.09. The lowest BCUT2D eigenvalue weighted by atomic mass is 10.2. The first-order valence-electron chi connectivity index (χ1n) is 10.5. The van der Waals surface area contributed by atoms with E-state index in [0.717, 1.165) is 46.7 Å². The molecule has 0 amide bonds. The van der Waals surface area contributed by atoms with E-state index in [9.17, 15) is 0 Å². The summed E-state index contributed by atoms with van der Waals surface area (Å²) in [5.41, 5.74) is 6.58. The molecule has 0 aliphatic heterocycles. The van der Waals surface area contributed by atoms with E-state index in [2.05, 4.69) is 18.4 Å². The standard InChI is InChI=1S/C13H20N4.5C2H4O2.H2S/c1-12(16-8-7-14)9-17(11-15)10-13-5-3-2-4-6-13;5*1-2(3)4;/h2-6,12,16H,7-10,14H2,1H3;5*1H3,(H,3,4);1H2. The van der Waals surface area contributed by atoms with Crippen molar-refractivity contribution in [1.29, 1.82) is 5.26 Å². The second-order valence-corrected chi connectivity index (χ2v) is 6.71. The summed E-state index contributed by atoms with van der Waals surface area (Å²) in [5, 5.41) is 49.4. The SMILES string of the molecule is CC(=O)O.CC(=O)O.CC(=O)O.CC(=O)O.CC(=O)O.CC(CN(C#N)Cc1ccccc1)NCCN.S. The molecule has 1 rings (SSSR count). The molecule has 0 fully saturated rings. The van der Waals surface area contributed by atoms with E-state index in [1.165, 1.54) is 0 Å². The van der Waals surface area contributed by atoms with Gasteiger partial charge in [0.1, 0.15) is 0 Å². The number of nitriles is 1. The third-order valence-electron chi connectivity index (χ3n) is 2.49. The average molecular weight is 567 g/mol. The van der Waals surface area contributed by atoms with E-state index in [1.54, 1.807) is 4.90 Å². The first-order valence-corrected chi connectivity index (χ1v) is 10.5. The van der Waals surface area contributed by atoms with Gasteiger partial charge < -0.3 is 41.5 Å². The Kier molecular flexibility index (Phi) is 44.0. The molecule has 14 nitrogen and oxygen atoms in total. The highest BCUT2D eigenvalue weighted by molar-refractivity contribution is 7.59. The molecule has 38 heavy (non-hydrogen) atoms. The quantitative estimate of drug-likeness (QED) is 0.182. The van der Waals surface area contributed by atoms with Gasteiger partial charge >= 0.3 is 0 Å². The van der Waals surface area contributed by atoms with E-state index in [0.29, 0.717) is 19.6 Å². The topological polar surface area (TPSA) is 252 Å². The number of nitrogens with two attached hydrogens (primary N) is 1. The van der Waals surface area contributed by atoms with Crippen LogP contribution in [0.15, 0.2) is 30.3 Å². The van der Waals surface area contributed by atoms with Gasteiger partial charge in [0.05, 0.1) is 6.54 Å². The zero-order valence-corrected chi connectivity index (χ0v) is 23.5. The number of hydrogen-bond acceptors (Lipinski definition) is 9. The molecule has 1 unspecified atom stereocenters. The highest BCUT2D eigenvalue weighted by Crippen LogP contribution is 2.03. The van der Waals surface area contributed by atoms with Crippen LogP contribution < -0.4 is 11.1 Å². The summed E-state index contributed by atoms with van der Waals surface area (Å²) < 4.78 is 0. The van der Waals surface area contributed by atoms with Crippen LogP contribution in [0.4, 0.5) is 0 Å². The van der Waals surface area contributed by atoms with Crippen LogP contribution in [0.1, 0.15) is 47.1 Å². The number of carboxylic acids is 5. The molecule has 0 aliphatic rings. The second-order valence-electron chi connectivity index (χ2n) is 6.71. The Hall–Kier alpha value is -3.87. The van der Waals surface area contributed by atoms with Gasteiger partial charge in [-0.05, 0) is 12.5 Å². The van der Waals surface area contributed by atoms with Crippen molar-refractivity contribution in [2.45, 2.75) is 54.1 Å². The van der Waals surface area contributed by atoms with E-state index in [1.807, 2.05) is 30.3 Å². The lowest BCUT2D eigenvalue weighted by Gasteiger charge is -2.21. The van der Waals surface area contributed by atoms with E-state index in [-0.39, 0.29) is 19.5 Å². The van der Waals surface area contributed by atoms with Crippen molar-refractivity contribution < 1.29 is 49.5 Å². The van der Waals surface area contributed by atoms with Crippen molar-refractivity contribution in [2.24, 2.45) is 5.73 Å². The molecule has 0 heterocycles. The summed E-state index contributed by atoms with van der Waals surface area (Å²) in [6, 6.07) is 10.3. The minimum Gasteiger partial charge on any atom is -0.481 e. The molecule has 220 valence electrons. The molecule has 0 aromatic heterocycles. The Morgan fingerprint density at radius 3 is 1.42 bits per heavy atom. The third-order valence-corrected chi connectivity index (χ3v) is 2.49. The molecule has 8 N–H and O–H groups in total. The molecule has 1 aromatic carbocycles. The maximum atomic E-state index is 9.09. The summed E-state index contributed by atoms with van der Waals surface area (Å²) in [6.07, 6.45) is 2.22. The summed E-state index contributed by atoms with van der Waals surface area (Å²) in [6.45, 7) is 10.2. The van der Waals surface area contributed by atoms with Gasteiger partial charge in [-0.25, -0.2) is 0 Å². The number of hydrogen-bond donors (Lipinski definition) is 7. The van der Waals surface area contributed by atoms with Crippen LogP contribution >= 0.6 is 13.5 Å². The Morgan fingerprint density at radius 1 is 0.842 bits per heavy atom. The molecule has 0 aliphatic carbocycles. The Balaban J connectivity index is -0.000000100. The zero-order valence-electron chi connectivity index (χ0n) is 22.5. The zero-order chi connectivity index (χ0) is 30.4. The van der Waals surface area contributed by atoms with Crippen LogP contribution in [0.3, 0.4) is 0 Å². The molecule has 0 radical (unpaired) electrons. The number of rotatable bonds is 7. The normalized spacial score (nSPS) is 8.58. The molecule has 0 saturated heterocycles. The predicted octanol–water partition coefficient (Wildman–Crippen LogP) is 1.47. The van der Waals surface area contributed by atoms with Gasteiger partial charge in [0.2, 0.25) is 0 Å². The number of benzene rings is 1. The largest absolute Gasteiger partial charge is 0.481 e. The van der Waals surface area contributed by atoms with E-state index >= 15 is 0 Å². The lowest BCUT2D eigenvalue weighted by Crippen LogP contribution is -2.39. The number of nitrogens with zero attached hydrogens (tertiary/aromatic N) is 2. The molecule has 0 saturated carbocycles. The van der Waals surface area contributed by atoms with Gasteiger partial charge in [-0.1, -0.05) is 30.3 Å². The predicted molar refractivity (Wildman–Crippen MR) is 146 cm³/mol. The monoisotopic (exact) mass is 566 g/mol. The van der Waals surface area contributed by atoms with Crippen molar-refractivity contribution in [3.63, 3.8) is 0 Å². The first kappa shape index (κ1) is 47.3. The van der Waals surface area contributed by atoms with Crippen LogP contribution in [0, 0.1) is 11.5 Å². The molecule has 0 spiro atoms.